The first-order chi connectivity index (χ1) is 39.4. The molecule has 0 amide bonds. The molecular formula is C78H81N4O2Pt-3. The second-order valence-corrected chi connectivity index (χ2v) is 29.5. The minimum atomic E-state index is -0.170. The van der Waals surface area contributed by atoms with Crippen LogP contribution in [0.1, 0.15) is 158 Å². The Labute approximate surface area is 519 Å². The van der Waals surface area contributed by atoms with Crippen LogP contribution in [0.25, 0.3) is 71.8 Å². The van der Waals surface area contributed by atoms with Crippen LogP contribution >= 0.6 is 0 Å². The van der Waals surface area contributed by atoms with E-state index in [0.717, 1.165) is 72.3 Å². The van der Waals surface area contributed by atoms with Crippen molar-refractivity contribution in [3.8, 4) is 39.6 Å². The zero-order chi connectivity index (χ0) is 59.8. The average Bonchev–Trinajstić information content (AvgIpc) is 1.91. The van der Waals surface area contributed by atoms with Crippen LogP contribution in [0.2, 0.25) is 0 Å². The molecule has 0 spiro atoms. The van der Waals surface area contributed by atoms with Gasteiger partial charge < -0.3 is 23.5 Å². The SMILES string of the molecule is CC(C)(C)c1ccnc(-n2c3[c-]c(Oc4[c-]c(N5[CH-]N(c6c(-c7cc(C(C)(C)C)ccc7C(C)(C)C)cc(C(C)(C)C)cc6-c6cc(C(C)(C)C)ccc6C(C)(C)C)c6ccccc65)ccc4)ccc3c3ccc4oc5ccccc5c4c32)c1.[Pt]. The van der Waals surface area contributed by atoms with E-state index in [2.05, 4.69) is 285 Å². The molecule has 4 heterocycles. The van der Waals surface area contributed by atoms with Gasteiger partial charge in [-0.15, -0.1) is 48.1 Å². The zero-order valence-electron chi connectivity index (χ0n) is 53.0. The molecule has 0 saturated heterocycles. The molecule has 1 aliphatic heterocycles. The van der Waals surface area contributed by atoms with Gasteiger partial charge in [-0.25, -0.2) is 4.98 Å². The molecule has 0 unspecified atom stereocenters. The molecule has 0 aliphatic carbocycles. The van der Waals surface area contributed by atoms with Gasteiger partial charge in [0, 0.05) is 72.3 Å². The number of nitrogens with zero attached hydrogens (tertiary/aromatic N) is 4. The fourth-order valence-corrected chi connectivity index (χ4v) is 12.3. The summed E-state index contributed by atoms with van der Waals surface area (Å²) in [5.74, 6) is 1.95. The van der Waals surface area contributed by atoms with E-state index in [4.69, 9.17) is 14.1 Å². The molecule has 438 valence electrons. The molecule has 6 nitrogen and oxygen atoms in total. The van der Waals surface area contributed by atoms with Crippen molar-refractivity contribution < 1.29 is 30.2 Å². The average molecular weight is 1300 g/mol. The van der Waals surface area contributed by atoms with Crippen molar-refractivity contribution in [1.82, 2.24) is 9.55 Å². The summed E-state index contributed by atoms with van der Waals surface area (Å²) >= 11 is 0. The number of pyridine rings is 1. The number of benzene rings is 8. The van der Waals surface area contributed by atoms with Crippen LogP contribution in [0.3, 0.4) is 0 Å². The smallest absolute Gasteiger partial charge is 0.137 e. The number of hydrogen-bond acceptors (Lipinski definition) is 5. The van der Waals surface area contributed by atoms with E-state index in [9.17, 15) is 0 Å². The van der Waals surface area contributed by atoms with Crippen molar-refractivity contribution in [2.45, 2.75) is 157 Å². The predicted molar refractivity (Wildman–Crippen MR) is 355 cm³/mol. The summed E-state index contributed by atoms with van der Waals surface area (Å²) in [6.07, 6.45) is 1.92. The Morgan fingerprint density at radius 1 is 0.435 bits per heavy atom. The van der Waals surface area contributed by atoms with Gasteiger partial charge in [0.2, 0.25) is 0 Å². The fraction of sp³-hybridized carbons (Fsp3) is 0.308. The number of ether oxygens (including phenoxy) is 1. The van der Waals surface area contributed by atoms with Crippen LogP contribution in [-0.2, 0) is 53.6 Å². The Morgan fingerprint density at radius 3 is 1.55 bits per heavy atom. The van der Waals surface area contributed by atoms with Gasteiger partial charge in [0.15, 0.2) is 0 Å². The largest absolute Gasteiger partial charge is 0.509 e. The van der Waals surface area contributed by atoms with Gasteiger partial charge in [-0.3, -0.25) is 0 Å². The Balaban J connectivity index is 0.00000752. The first-order valence-electron chi connectivity index (χ1n) is 29.9. The molecule has 11 aromatic rings. The normalized spacial score (nSPS) is 13.6. The zero-order valence-corrected chi connectivity index (χ0v) is 55.3. The van der Waals surface area contributed by atoms with Gasteiger partial charge in [0.05, 0.1) is 10.9 Å². The van der Waals surface area contributed by atoms with Crippen molar-refractivity contribution in [3.05, 3.63) is 210 Å². The third-order valence-electron chi connectivity index (χ3n) is 17.0. The number of hydrogen-bond donors (Lipinski definition) is 0. The van der Waals surface area contributed by atoms with Crippen molar-refractivity contribution in [1.29, 1.82) is 0 Å². The first-order valence-corrected chi connectivity index (χ1v) is 29.9. The number of para-hydroxylation sites is 3. The van der Waals surface area contributed by atoms with E-state index in [0.29, 0.717) is 11.5 Å². The molecule has 3 aromatic heterocycles. The van der Waals surface area contributed by atoms with Crippen molar-refractivity contribution in [3.63, 3.8) is 0 Å². The molecule has 12 rings (SSSR count). The van der Waals surface area contributed by atoms with Crippen LogP contribution in [0.15, 0.2) is 162 Å². The summed E-state index contributed by atoms with van der Waals surface area (Å²) in [6, 6.07) is 63.0. The summed E-state index contributed by atoms with van der Waals surface area (Å²) < 4.78 is 15.7. The van der Waals surface area contributed by atoms with Crippen LogP contribution in [-0.4, -0.2) is 9.55 Å². The molecule has 0 atom stereocenters. The molecule has 0 radical (unpaired) electrons. The van der Waals surface area contributed by atoms with E-state index in [1.54, 1.807) is 0 Å². The molecule has 7 heteroatoms. The molecular weight excluding hydrogens is 1220 g/mol. The molecule has 0 saturated carbocycles. The predicted octanol–water partition coefficient (Wildman–Crippen LogP) is 22.0. The molecule has 0 bridgehead atoms. The van der Waals surface area contributed by atoms with Crippen molar-refractivity contribution in [2.75, 3.05) is 9.80 Å². The van der Waals surface area contributed by atoms with Gasteiger partial charge in [-0.05, 0) is 131 Å². The van der Waals surface area contributed by atoms with Gasteiger partial charge in [0.1, 0.15) is 17.0 Å². The Morgan fingerprint density at radius 2 is 0.965 bits per heavy atom. The topological polar surface area (TPSA) is 46.7 Å². The standard InChI is InChI=1S/C78H81N4O2.Pt/c1-73(2,3)48-30-35-62(77(13,14)15)58(40-48)60-42-51(76(10,11)12)43-61(59-41-49(74(4,5)6)31-36-63(59)78(16,17)18)71(60)81-47-80(64-27-20-21-28-65(64)81)52-24-23-25-53(45-52)83-54-32-33-55-56-34-37-68-70(57-26-19-22-29-67(57)84-68)72(56)82(66(55)46-54)69-44-50(38-39-79-69)75(7,8)9;/h19-44,47H,1-18H3;/q-3;. The molecule has 0 N–H and O–H groups in total. The number of anilines is 4. The van der Waals surface area contributed by atoms with E-state index >= 15 is 0 Å². The second kappa shape index (κ2) is 20.9. The van der Waals surface area contributed by atoms with Gasteiger partial charge in [-0.2, -0.15) is 12.1 Å². The van der Waals surface area contributed by atoms with Gasteiger partial charge >= 0.3 is 0 Å². The minimum absolute atomic E-state index is 0. The number of furan rings is 1. The molecule has 8 aromatic carbocycles. The second-order valence-electron chi connectivity index (χ2n) is 29.5. The van der Waals surface area contributed by atoms with Crippen LogP contribution in [0.4, 0.5) is 22.7 Å². The van der Waals surface area contributed by atoms with Gasteiger partial charge in [0.25, 0.3) is 0 Å². The summed E-state index contributed by atoms with van der Waals surface area (Å²) in [7, 11) is 0. The quantitative estimate of drug-likeness (QED) is 0.149. The van der Waals surface area contributed by atoms with Crippen LogP contribution in [0, 0.1) is 18.8 Å². The minimum Gasteiger partial charge on any atom is -0.509 e. The van der Waals surface area contributed by atoms with Crippen molar-refractivity contribution in [2.24, 2.45) is 0 Å². The molecule has 85 heavy (non-hydrogen) atoms. The maximum Gasteiger partial charge on any atom is 0.137 e. The van der Waals surface area contributed by atoms with Crippen molar-refractivity contribution >= 4 is 66.5 Å². The summed E-state index contributed by atoms with van der Waals surface area (Å²) in [5.41, 5.74) is 19.5. The van der Waals surface area contributed by atoms with E-state index in [1.807, 2.05) is 30.5 Å². The number of aromatic nitrogens is 2. The fourth-order valence-electron chi connectivity index (χ4n) is 12.3. The first kappa shape index (κ1) is 59.3. The Kier molecular flexibility index (Phi) is 14.6. The monoisotopic (exact) mass is 1300 g/mol. The Hall–Kier alpha value is -7.40. The maximum absolute atomic E-state index is 6.94. The van der Waals surface area contributed by atoms with Crippen LogP contribution < -0.4 is 14.5 Å². The summed E-state index contributed by atoms with van der Waals surface area (Å²) in [4.78, 5) is 9.79. The number of rotatable bonds is 7. The Bertz CT molecular complexity index is 4300. The van der Waals surface area contributed by atoms with E-state index in [1.165, 1.54) is 55.6 Å². The molecule has 0 fully saturated rings. The van der Waals surface area contributed by atoms with E-state index in [-0.39, 0.29) is 53.6 Å². The summed E-state index contributed by atoms with van der Waals surface area (Å²) in [5, 5.41) is 4.23. The number of fused-ring (bicyclic) bond motifs is 8. The van der Waals surface area contributed by atoms with Crippen LogP contribution in [0.5, 0.6) is 11.5 Å². The third-order valence-corrected chi connectivity index (χ3v) is 17.0. The maximum atomic E-state index is 6.94. The summed E-state index contributed by atoms with van der Waals surface area (Å²) in [6.45, 7) is 44.1. The third kappa shape index (κ3) is 10.8. The van der Waals surface area contributed by atoms with E-state index < -0.39 is 0 Å². The van der Waals surface area contributed by atoms with Gasteiger partial charge in [-0.1, -0.05) is 203 Å². The molecule has 1 aliphatic rings.